The molecule has 2 fully saturated rings. The first-order chi connectivity index (χ1) is 16.6. The average Bonchev–Trinajstić information content (AvgIpc) is 3.28. The summed E-state index contributed by atoms with van der Waals surface area (Å²) in [4.78, 5) is 17.3. The molecule has 0 bridgehead atoms. The number of piperazine rings is 1. The Hall–Kier alpha value is -3.03. The molecule has 0 N–H and O–H groups in total. The van der Waals surface area contributed by atoms with Gasteiger partial charge in [0.15, 0.2) is 5.65 Å². The summed E-state index contributed by atoms with van der Waals surface area (Å²) >= 11 is 0. The van der Waals surface area contributed by atoms with Crippen molar-refractivity contribution in [2.75, 3.05) is 51.2 Å². The smallest absolute Gasteiger partial charge is 0.162 e. The summed E-state index contributed by atoms with van der Waals surface area (Å²) in [6.07, 6.45) is 8.55. The molecule has 3 aromatic heterocycles. The Morgan fingerprint density at radius 1 is 0.912 bits per heavy atom. The van der Waals surface area contributed by atoms with Crippen molar-refractivity contribution < 1.29 is 0 Å². The van der Waals surface area contributed by atoms with Crippen LogP contribution in [0.4, 0.5) is 5.69 Å². The maximum Gasteiger partial charge on any atom is 0.162 e. The average molecular weight is 456 g/mol. The summed E-state index contributed by atoms with van der Waals surface area (Å²) in [5, 5.41) is 5.85. The van der Waals surface area contributed by atoms with Crippen LogP contribution in [0.2, 0.25) is 0 Å². The van der Waals surface area contributed by atoms with Crippen LogP contribution >= 0.6 is 0 Å². The predicted octanol–water partition coefficient (Wildman–Crippen LogP) is 3.78. The zero-order chi connectivity index (χ0) is 23.2. The Labute approximate surface area is 201 Å². The highest BCUT2D eigenvalue weighted by molar-refractivity contribution is 5.99. The van der Waals surface area contributed by atoms with Gasteiger partial charge in [-0.05, 0) is 50.9 Å². The minimum Gasteiger partial charge on any atom is -0.369 e. The maximum absolute atomic E-state index is 4.89. The number of hydrogen-bond acceptors (Lipinski definition) is 6. The van der Waals surface area contributed by atoms with Crippen LogP contribution in [0.25, 0.3) is 27.7 Å². The van der Waals surface area contributed by atoms with Gasteiger partial charge in [-0.15, -0.1) is 0 Å². The van der Waals surface area contributed by atoms with E-state index in [1.807, 2.05) is 16.9 Å². The highest BCUT2D eigenvalue weighted by Gasteiger charge is 2.27. The van der Waals surface area contributed by atoms with Crippen molar-refractivity contribution in [1.82, 2.24) is 29.4 Å². The number of pyridine rings is 1. The summed E-state index contributed by atoms with van der Waals surface area (Å²) in [6, 6.07) is 9.22. The quantitative estimate of drug-likeness (QED) is 0.469. The van der Waals surface area contributed by atoms with Crippen LogP contribution in [0.3, 0.4) is 0 Å². The van der Waals surface area contributed by atoms with Gasteiger partial charge in [-0.1, -0.05) is 18.2 Å². The summed E-state index contributed by atoms with van der Waals surface area (Å²) in [7, 11) is 2.23. The van der Waals surface area contributed by atoms with Gasteiger partial charge in [0.05, 0.1) is 29.8 Å². The van der Waals surface area contributed by atoms with E-state index < -0.39 is 0 Å². The van der Waals surface area contributed by atoms with E-state index in [4.69, 9.17) is 15.1 Å². The number of aromatic nitrogens is 4. The van der Waals surface area contributed by atoms with Crippen LogP contribution in [0.5, 0.6) is 0 Å². The number of rotatable bonds is 3. The topological polar surface area (TPSA) is 52.8 Å². The number of aryl methyl sites for hydroxylation is 2. The summed E-state index contributed by atoms with van der Waals surface area (Å²) in [5.74, 6) is 0. The van der Waals surface area contributed by atoms with Gasteiger partial charge in [0.1, 0.15) is 0 Å². The van der Waals surface area contributed by atoms with Crippen molar-refractivity contribution >= 4 is 22.2 Å². The van der Waals surface area contributed by atoms with Crippen LogP contribution in [0.1, 0.15) is 24.1 Å². The van der Waals surface area contributed by atoms with Crippen molar-refractivity contribution in [1.29, 1.82) is 0 Å². The Bertz CT molecular complexity index is 1330. The highest BCUT2D eigenvalue weighted by Crippen LogP contribution is 2.33. The van der Waals surface area contributed by atoms with E-state index in [0.29, 0.717) is 6.04 Å². The Morgan fingerprint density at radius 2 is 1.71 bits per heavy atom. The van der Waals surface area contributed by atoms with Crippen LogP contribution < -0.4 is 4.90 Å². The third-order valence-electron chi connectivity index (χ3n) is 7.69. The van der Waals surface area contributed by atoms with Crippen molar-refractivity contribution in [3.63, 3.8) is 0 Å². The summed E-state index contributed by atoms with van der Waals surface area (Å²) < 4.78 is 1.94. The number of nitrogens with zero attached hydrogens (tertiary/aromatic N) is 7. The van der Waals surface area contributed by atoms with Crippen molar-refractivity contribution in [3.8, 4) is 11.1 Å². The van der Waals surface area contributed by atoms with Gasteiger partial charge < -0.3 is 9.80 Å². The maximum atomic E-state index is 4.89. The van der Waals surface area contributed by atoms with Gasteiger partial charge in [0.2, 0.25) is 0 Å². The van der Waals surface area contributed by atoms with Gasteiger partial charge in [-0.3, -0.25) is 9.88 Å². The normalized spacial score (nSPS) is 18.9. The largest absolute Gasteiger partial charge is 0.369 e. The van der Waals surface area contributed by atoms with E-state index in [-0.39, 0.29) is 0 Å². The molecule has 5 heterocycles. The first-order valence-electron chi connectivity index (χ1n) is 12.4. The van der Waals surface area contributed by atoms with E-state index in [2.05, 4.69) is 66.1 Å². The number of anilines is 1. The number of fused-ring (bicyclic) bond motifs is 2. The Morgan fingerprint density at radius 3 is 2.50 bits per heavy atom. The minimum atomic E-state index is 0.713. The lowest BCUT2D eigenvalue weighted by molar-refractivity contribution is 0.0982. The van der Waals surface area contributed by atoms with Crippen molar-refractivity contribution in [2.24, 2.45) is 0 Å². The zero-order valence-corrected chi connectivity index (χ0v) is 20.4. The number of hydrogen-bond donors (Lipinski definition) is 0. The lowest BCUT2D eigenvalue weighted by atomic mass is 10.0. The SMILES string of the molecule is Cc1cc(-c2cnn3cc(N4CCC(N5CCN(C)CC5)CC4)cnc23)c2cccc(C)c2n1. The fourth-order valence-electron chi connectivity index (χ4n) is 5.64. The summed E-state index contributed by atoms with van der Waals surface area (Å²) in [5.41, 5.74) is 7.51. The molecule has 2 aliphatic rings. The molecule has 6 rings (SSSR count). The third-order valence-corrected chi connectivity index (χ3v) is 7.69. The molecule has 0 atom stereocenters. The molecular formula is C27H33N7. The van der Waals surface area contributed by atoms with E-state index in [1.165, 1.54) is 44.6 Å². The second kappa shape index (κ2) is 8.64. The fourth-order valence-corrected chi connectivity index (χ4v) is 5.64. The van der Waals surface area contributed by atoms with Crippen LogP contribution in [-0.4, -0.2) is 81.7 Å². The molecule has 176 valence electrons. The zero-order valence-electron chi connectivity index (χ0n) is 20.4. The van der Waals surface area contributed by atoms with Crippen LogP contribution in [-0.2, 0) is 0 Å². The van der Waals surface area contributed by atoms with Gasteiger partial charge in [-0.25, -0.2) is 9.50 Å². The molecule has 7 heteroatoms. The highest BCUT2D eigenvalue weighted by atomic mass is 15.3. The number of piperidine rings is 1. The first kappa shape index (κ1) is 21.5. The molecule has 0 radical (unpaired) electrons. The lowest BCUT2D eigenvalue weighted by Gasteiger charge is -2.42. The standard InChI is InChI=1S/C27H33N7/c1-19-5-4-6-23-24(15-20(2)30-26(19)23)25-17-29-34-18-22(16-28-27(25)34)32-9-7-21(8-10-32)33-13-11-31(3)12-14-33/h4-6,15-18,21H,7-14H2,1-3H3. The molecule has 0 aliphatic carbocycles. The predicted molar refractivity (Wildman–Crippen MR) is 138 cm³/mol. The van der Waals surface area contributed by atoms with Crippen molar-refractivity contribution in [2.45, 2.75) is 32.7 Å². The second-order valence-electron chi connectivity index (χ2n) is 9.98. The Balaban J connectivity index is 1.25. The monoisotopic (exact) mass is 455 g/mol. The molecule has 1 aromatic carbocycles. The van der Waals surface area contributed by atoms with Gasteiger partial charge in [-0.2, -0.15) is 5.10 Å². The molecule has 0 spiro atoms. The number of para-hydroxylation sites is 1. The summed E-state index contributed by atoms with van der Waals surface area (Å²) in [6.45, 7) is 11.1. The molecule has 7 nitrogen and oxygen atoms in total. The molecule has 4 aromatic rings. The minimum absolute atomic E-state index is 0.713. The van der Waals surface area contributed by atoms with E-state index in [1.54, 1.807) is 0 Å². The third kappa shape index (κ3) is 3.83. The van der Waals surface area contributed by atoms with Crippen molar-refractivity contribution in [3.05, 3.63) is 54.1 Å². The first-order valence-corrected chi connectivity index (χ1v) is 12.4. The van der Waals surface area contributed by atoms with Crippen LogP contribution in [0.15, 0.2) is 42.9 Å². The molecule has 34 heavy (non-hydrogen) atoms. The molecule has 0 saturated carbocycles. The van der Waals surface area contributed by atoms with E-state index in [0.717, 1.165) is 52.1 Å². The van der Waals surface area contributed by atoms with Gasteiger partial charge in [0.25, 0.3) is 0 Å². The van der Waals surface area contributed by atoms with Crippen LogP contribution in [0, 0.1) is 13.8 Å². The van der Waals surface area contributed by atoms with Gasteiger partial charge in [0, 0.05) is 62.0 Å². The molecule has 2 aliphatic heterocycles. The molecule has 2 saturated heterocycles. The molecule has 0 unspecified atom stereocenters. The Kier molecular flexibility index (Phi) is 5.46. The second-order valence-corrected chi connectivity index (χ2v) is 9.98. The fraction of sp³-hybridized carbons (Fsp3) is 0.444. The number of benzene rings is 1. The van der Waals surface area contributed by atoms with E-state index in [9.17, 15) is 0 Å². The number of likely N-dealkylation sites (N-methyl/N-ethyl adjacent to an activating group) is 1. The molecule has 0 amide bonds. The van der Waals surface area contributed by atoms with E-state index >= 15 is 0 Å². The molecular weight excluding hydrogens is 422 g/mol. The van der Waals surface area contributed by atoms with Gasteiger partial charge >= 0.3 is 0 Å². The lowest BCUT2D eigenvalue weighted by Crippen LogP contribution is -2.52.